The Morgan fingerprint density at radius 3 is 2.59 bits per heavy atom. The Kier molecular flexibility index (Phi) is 4.52. The molecule has 1 rings (SSSR count). The van der Waals surface area contributed by atoms with Gasteiger partial charge in [-0.05, 0) is 25.5 Å². The van der Waals surface area contributed by atoms with Crippen molar-refractivity contribution in [2.24, 2.45) is 5.73 Å². The van der Waals surface area contributed by atoms with Gasteiger partial charge in [0, 0.05) is 19.3 Å². The Balaban J connectivity index is 3.01. The molecule has 0 aliphatic heterocycles. The number of hydrogen-bond acceptors (Lipinski definition) is 4. The predicted octanol–water partition coefficient (Wildman–Crippen LogP) is 1.24. The van der Waals surface area contributed by atoms with Gasteiger partial charge >= 0.3 is 5.97 Å². The number of carbonyl (C=O) groups excluding carboxylic acids is 1. The molecule has 0 radical (unpaired) electrons. The largest absolute Gasteiger partial charge is 0.467 e. The van der Waals surface area contributed by atoms with Crippen molar-refractivity contribution in [1.29, 1.82) is 0 Å². The number of carbonyl (C=O) groups is 1. The van der Waals surface area contributed by atoms with Crippen molar-refractivity contribution >= 4 is 11.7 Å². The highest BCUT2D eigenvalue weighted by atomic mass is 16.5. The van der Waals surface area contributed by atoms with Crippen molar-refractivity contribution in [3.05, 3.63) is 29.3 Å². The van der Waals surface area contributed by atoms with Crippen LogP contribution in [0, 0.1) is 13.8 Å². The van der Waals surface area contributed by atoms with Crippen molar-refractivity contribution in [1.82, 2.24) is 0 Å². The lowest BCUT2D eigenvalue weighted by atomic mass is 10.1. The Labute approximate surface area is 102 Å². The van der Waals surface area contributed by atoms with Gasteiger partial charge < -0.3 is 15.4 Å². The zero-order chi connectivity index (χ0) is 13.0. The molecular formula is C13H20N2O2. The third-order valence-electron chi connectivity index (χ3n) is 2.90. The minimum atomic E-state index is -0.443. The van der Waals surface area contributed by atoms with Crippen LogP contribution in [0.5, 0.6) is 0 Å². The van der Waals surface area contributed by atoms with E-state index in [0.29, 0.717) is 0 Å². The van der Waals surface area contributed by atoms with E-state index in [-0.39, 0.29) is 12.5 Å². The SMILES string of the molecule is COC(=O)C(CN)N(C)c1ccc(C)cc1C. The summed E-state index contributed by atoms with van der Waals surface area (Å²) in [6.07, 6.45) is 0. The fraction of sp³-hybridized carbons (Fsp3) is 0.462. The van der Waals surface area contributed by atoms with E-state index < -0.39 is 6.04 Å². The maximum Gasteiger partial charge on any atom is 0.329 e. The Bertz CT molecular complexity index is 404. The number of ether oxygens (including phenoxy) is 1. The molecule has 0 spiro atoms. The molecule has 2 N–H and O–H groups in total. The summed E-state index contributed by atoms with van der Waals surface area (Å²) >= 11 is 0. The molecule has 0 aliphatic carbocycles. The van der Waals surface area contributed by atoms with Gasteiger partial charge in [-0.25, -0.2) is 4.79 Å². The number of nitrogens with zero attached hydrogens (tertiary/aromatic N) is 1. The molecule has 0 aliphatic rings. The summed E-state index contributed by atoms with van der Waals surface area (Å²) in [6.45, 7) is 4.29. The molecule has 0 fully saturated rings. The van der Waals surface area contributed by atoms with Gasteiger partial charge in [0.15, 0.2) is 0 Å². The van der Waals surface area contributed by atoms with Crippen LogP contribution < -0.4 is 10.6 Å². The highest BCUT2D eigenvalue weighted by molar-refractivity contribution is 5.80. The summed E-state index contributed by atoms with van der Waals surface area (Å²) in [5, 5.41) is 0. The van der Waals surface area contributed by atoms with Crippen LogP contribution in [0.1, 0.15) is 11.1 Å². The number of nitrogens with two attached hydrogens (primary N) is 1. The van der Waals surface area contributed by atoms with Gasteiger partial charge in [-0.1, -0.05) is 17.7 Å². The number of rotatable bonds is 4. The number of benzene rings is 1. The number of hydrogen-bond donors (Lipinski definition) is 1. The van der Waals surface area contributed by atoms with Crippen molar-refractivity contribution in [3.63, 3.8) is 0 Å². The predicted molar refractivity (Wildman–Crippen MR) is 69.2 cm³/mol. The van der Waals surface area contributed by atoms with Crippen molar-refractivity contribution in [2.45, 2.75) is 19.9 Å². The zero-order valence-corrected chi connectivity index (χ0v) is 10.9. The Morgan fingerprint density at radius 1 is 1.47 bits per heavy atom. The normalized spacial score (nSPS) is 12.1. The van der Waals surface area contributed by atoms with Crippen LogP contribution in [0.15, 0.2) is 18.2 Å². The third-order valence-corrected chi connectivity index (χ3v) is 2.90. The lowest BCUT2D eigenvalue weighted by Gasteiger charge is -2.28. The van der Waals surface area contributed by atoms with E-state index in [0.717, 1.165) is 11.3 Å². The molecular weight excluding hydrogens is 216 g/mol. The maximum absolute atomic E-state index is 11.6. The van der Waals surface area contributed by atoms with E-state index in [4.69, 9.17) is 10.5 Å². The van der Waals surface area contributed by atoms with Crippen molar-refractivity contribution < 1.29 is 9.53 Å². The van der Waals surface area contributed by atoms with Crippen LogP contribution in [-0.4, -0.2) is 32.7 Å². The molecule has 0 amide bonds. The molecule has 0 saturated carbocycles. The molecule has 17 heavy (non-hydrogen) atoms. The summed E-state index contributed by atoms with van der Waals surface area (Å²) < 4.78 is 4.75. The van der Waals surface area contributed by atoms with Crippen LogP contribution in [0.2, 0.25) is 0 Å². The van der Waals surface area contributed by atoms with Gasteiger partial charge in [-0.15, -0.1) is 0 Å². The van der Waals surface area contributed by atoms with Gasteiger partial charge in [-0.2, -0.15) is 0 Å². The standard InChI is InChI=1S/C13H20N2O2/c1-9-5-6-11(10(2)7-9)15(3)12(8-14)13(16)17-4/h5-7,12H,8,14H2,1-4H3. The number of esters is 1. The monoisotopic (exact) mass is 236 g/mol. The molecule has 1 unspecified atom stereocenters. The van der Waals surface area contributed by atoms with Crippen molar-refractivity contribution in [3.8, 4) is 0 Å². The van der Waals surface area contributed by atoms with Crippen LogP contribution in [-0.2, 0) is 9.53 Å². The topological polar surface area (TPSA) is 55.6 Å². The Hall–Kier alpha value is -1.55. The third kappa shape index (κ3) is 2.97. The molecule has 1 atom stereocenters. The highest BCUT2D eigenvalue weighted by Gasteiger charge is 2.23. The minimum absolute atomic E-state index is 0.233. The van der Waals surface area contributed by atoms with Gasteiger partial charge in [0.25, 0.3) is 0 Å². The molecule has 1 aromatic rings. The lowest BCUT2D eigenvalue weighted by molar-refractivity contribution is -0.141. The smallest absolute Gasteiger partial charge is 0.329 e. The summed E-state index contributed by atoms with van der Waals surface area (Å²) in [6, 6.07) is 5.65. The summed E-state index contributed by atoms with van der Waals surface area (Å²) in [7, 11) is 3.23. The molecule has 1 aromatic carbocycles. The maximum atomic E-state index is 11.6. The quantitative estimate of drug-likeness (QED) is 0.799. The van der Waals surface area contributed by atoms with Crippen LogP contribution in [0.25, 0.3) is 0 Å². The number of likely N-dealkylation sites (N-methyl/N-ethyl adjacent to an activating group) is 1. The number of anilines is 1. The van der Waals surface area contributed by atoms with E-state index in [9.17, 15) is 4.79 Å². The Morgan fingerprint density at radius 2 is 2.12 bits per heavy atom. The van der Waals surface area contributed by atoms with E-state index in [2.05, 4.69) is 6.07 Å². The van der Waals surface area contributed by atoms with Crippen LogP contribution in [0.3, 0.4) is 0 Å². The van der Waals surface area contributed by atoms with E-state index in [1.165, 1.54) is 12.7 Å². The highest BCUT2D eigenvalue weighted by Crippen LogP contribution is 2.21. The fourth-order valence-electron chi connectivity index (χ4n) is 1.92. The molecule has 0 saturated heterocycles. The average molecular weight is 236 g/mol. The van der Waals surface area contributed by atoms with E-state index in [1.54, 1.807) is 0 Å². The first-order valence-electron chi connectivity index (χ1n) is 5.59. The molecule has 4 heteroatoms. The van der Waals surface area contributed by atoms with Crippen LogP contribution in [0.4, 0.5) is 5.69 Å². The second-order valence-electron chi connectivity index (χ2n) is 4.18. The molecule has 4 nitrogen and oxygen atoms in total. The second kappa shape index (κ2) is 5.68. The molecule has 94 valence electrons. The van der Waals surface area contributed by atoms with Gasteiger partial charge in [0.05, 0.1) is 7.11 Å². The summed E-state index contributed by atoms with van der Waals surface area (Å²) in [4.78, 5) is 13.5. The molecule has 0 heterocycles. The first-order valence-corrected chi connectivity index (χ1v) is 5.59. The molecule has 0 aromatic heterocycles. The number of methoxy groups -OCH3 is 1. The van der Waals surface area contributed by atoms with Crippen LogP contribution >= 0.6 is 0 Å². The summed E-state index contributed by atoms with van der Waals surface area (Å²) in [5.41, 5.74) is 8.94. The van der Waals surface area contributed by atoms with E-state index in [1.807, 2.05) is 37.9 Å². The second-order valence-corrected chi connectivity index (χ2v) is 4.18. The number of aryl methyl sites for hydroxylation is 2. The average Bonchev–Trinajstić information content (AvgIpc) is 2.29. The first kappa shape index (κ1) is 13.5. The fourth-order valence-corrected chi connectivity index (χ4v) is 1.92. The zero-order valence-electron chi connectivity index (χ0n) is 10.9. The first-order chi connectivity index (χ1) is 8.01. The van der Waals surface area contributed by atoms with Gasteiger partial charge in [0.2, 0.25) is 0 Å². The minimum Gasteiger partial charge on any atom is -0.467 e. The van der Waals surface area contributed by atoms with Crippen molar-refractivity contribution in [2.75, 3.05) is 25.6 Å². The molecule has 0 bridgehead atoms. The summed E-state index contributed by atoms with van der Waals surface area (Å²) in [5.74, 6) is -0.310. The van der Waals surface area contributed by atoms with Gasteiger partial charge in [-0.3, -0.25) is 0 Å². The van der Waals surface area contributed by atoms with Gasteiger partial charge in [0.1, 0.15) is 6.04 Å². The lowest BCUT2D eigenvalue weighted by Crippen LogP contribution is -2.45. The van der Waals surface area contributed by atoms with E-state index >= 15 is 0 Å².